The molecular formula is C17H16N2O2S3. The lowest BCUT2D eigenvalue weighted by atomic mass is 10.2. The smallest absolute Gasteiger partial charge is 0.276 e. The summed E-state index contributed by atoms with van der Waals surface area (Å²) in [5, 5.41) is 8.57. The second-order valence-corrected chi connectivity index (χ2v) is 8.75. The first kappa shape index (κ1) is 15.9. The van der Waals surface area contributed by atoms with E-state index >= 15 is 0 Å². The third-order valence-electron chi connectivity index (χ3n) is 3.98. The van der Waals surface area contributed by atoms with Crippen LogP contribution in [0.15, 0.2) is 45.6 Å². The normalized spacial score (nSPS) is 18.5. The zero-order valence-corrected chi connectivity index (χ0v) is 15.3. The quantitative estimate of drug-likeness (QED) is 0.660. The highest BCUT2D eigenvalue weighted by Crippen LogP contribution is 2.37. The van der Waals surface area contributed by atoms with Gasteiger partial charge in [-0.15, -0.1) is 22.7 Å². The second kappa shape index (κ2) is 7.13. The fourth-order valence-corrected chi connectivity index (χ4v) is 5.66. The van der Waals surface area contributed by atoms with Gasteiger partial charge in [0.25, 0.3) is 5.91 Å². The number of nitrogens with zero attached hydrogens (tertiary/aromatic N) is 2. The van der Waals surface area contributed by atoms with Crippen molar-refractivity contribution < 1.29 is 9.32 Å². The molecule has 3 aromatic heterocycles. The predicted octanol–water partition coefficient (Wildman–Crippen LogP) is 4.79. The van der Waals surface area contributed by atoms with Gasteiger partial charge in [0.05, 0.1) is 4.88 Å². The van der Waals surface area contributed by atoms with Crippen LogP contribution >= 0.6 is 34.4 Å². The van der Waals surface area contributed by atoms with Crippen molar-refractivity contribution in [2.45, 2.75) is 11.7 Å². The van der Waals surface area contributed by atoms with Gasteiger partial charge in [0.2, 0.25) is 0 Å². The third-order valence-corrected chi connectivity index (χ3v) is 7.31. The Labute approximate surface area is 152 Å². The van der Waals surface area contributed by atoms with Gasteiger partial charge in [0.15, 0.2) is 11.5 Å². The molecule has 1 fully saturated rings. The molecule has 0 spiro atoms. The SMILES string of the molecule is O=C(c1cc(-c2cccs2)on1)N1CCS[C@@H](c2cccs2)CC1. The molecule has 124 valence electrons. The maximum atomic E-state index is 12.7. The van der Waals surface area contributed by atoms with Crippen molar-refractivity contribution >= 4 is 40.3 Å². The molecule has 4 nitrogen and oxygen atoms in total. The number of carbonyl (C=O) groups is 1. The molecule has 0 aromatic carbocycles. The number of rotatable bonds is 3. The van der Waals surface area contributed by atoms with E-state index in [0.29, 0.717) is 16.7 Å². The molecule has 1 atom stereocenters. The maximum absolute atomic E-state index is 12.7. The summed E-state index contributed by atoms with van der Waals surface area (Å²) in [5.74, 6) is 1.58. The van der Waals surface area contributed by atoms with Crippen molar-refractivity contribution in [1.82, 2.24) is 10.1 Å². The van der Waals surface area contributed by atoms with Crippen molar-refractivity contribution in [3.63, 3.8) is 0 Å². The fourth-order valence-electron chi connectivity index (χ4n) is 2.75. The minimum Gasteiger partial charge on any atom is -0.355 e. The predicted molar refractivity (Wildman–Crippen MR) is 99.9 cm³/mol. The number of thioether (sulfide) groups is 1. The zero-order chi connectivity index (χ0) is 16.4. The number of hydrogen-bond acceptors (Lipinski definition) is 6. The lowest BCUT2D eigenvalue weighted by Crippen LogP contribution is -2.33. The molecule has 0 bridgehead atoms. The van der Waals surface area contributed by atoms with E-state index in [1.165, 1.54) is 4.88 Å². The molecule has 0 radical (unpaired) electrons. The fraction of sp³-hybridized carbons (Fsp3) is 0.294. The van der Waals surface area contributed by atoms with Gasteiger partial charge in [-0.3, -0.25) is 4.79 Å². The van der Waals surface area contributed by atoms with E-state index < -0.39 is 0 Å². The Kier molecular flexibility index (Phi) is 4.73. The first-order valence-electron chi connectivity index (χ1n) is 7.76. The van der Waals surface area contributed by atoms with E-state index in [1.807, 2.05) is 34.2 Å². The molecule has 24 heavy (non-hydrogen) atoms. The van der Waals surface area contributed by atoms with Crippen LogP contribution in [0.25, 0.3) is 10.6 Å². The van der Waals surface area contributed by atoms with E-state index in [0.717, 1.165) is 30.1 Å². The molecule has 0 saturated carbocycles. The van der Waals surface area contributed by atoms with Gasteiger partial charge in [0.1, 0.15) is 0 Å². The second-order valence-electron chi connectivity index (χ2n) is 5.51. The number of aromatic nitrogens is 1. The Morgan fingerprint density at radius 3 is 2.88 bits per heavy atom. The molecule has 7 heteroatoms. The summed E-state index contributed by atoms with van der Waals surface area (Å²) in [6.07, 6.45) is 0.979. The summed E-state index contributed by atoms with van der Waals surface area (Å²) < 4.78 is 5.34. The van der Waals surface area contributed by atoms with E-state index in [-0.39, 0.29) is 5.91 Å². The van der Waals surface area contributed by atoms with Crippen LogP contribution in [-0.4, -0.2) is 34.8 Å². The maximum Gasteiger partial charge on any atom is 0.276 e. The molecule has 0 N–H and O–H groups in total. The van der Waals surface area contributed by atoms with Crippen LogP contribution in [0.2, 0.25) is 0 Å². The van der Waals surface area contributed by atoms with Crippen LogP contribution in [0.1, 0.15) is 27.0 Å². The zero-order valence-electron chi connectivity index (χ0n) is 12.9. The summed E-state index contributed by atoms with van der Waals surface area (Å²) in [6, 6.07) is 9.96. The van der Waals surface area contributed by atoms with Gasteiger partial charge >= 0.3 is 0 Å². The monoisotopic (exact) mass is 376 g/mol. The Hall–Kier alpha value is -1.57. The summed E-state index contributed by atoms with van der Waals surface area (Å²) in [5.41, 5.74) is 0.401. The summed E-state index contributed by atoms with van der Waals surface area (Å²) in [4.78, 5) is 17.0. The Morgan fingerprint density at radius 2 is 2.08 bits per heavy atom. The highest BCUT2D eigenvalue weighted by atomic mass is 32.2. The number of thiophene rings is 2. The lowest BCUT2D eigenvalue weighted by Gasteiger charge is -2.18. The molecule has 1 amide bonds. The van der Waals surface area contributed by atoms with Crippen molar-refractivity contribution in [3.05, 3.63) is 51.7 Å². The molecule has 0 aliphatic carbocycles. The van der Waals surface area contributed by atoms with E-state index in [4.69, 9.17) is 4.52 Å². The van der Waals surface area contributed by atoms with Gasteiger partial charge < -0.3 is 9.42 Å². The van der Waals surface area contributed by atoms with Gasteiger partial charge in [-0.05, 0) is 29.3 Å². The average Bonchev–Trinajstić information content (AvgIpc) is 3.33. The van der Waals surface area contributed by atoms with Gasteiger partial charge in [0, 0.05) is 35.0 Å². The van der Waals surface area contributed by atoms with E-state index in [9.17, 15) is 4.79 Å². The van der Waals surface area contributed by atoms with Crippen molar-refractivity contribution in [2.24, 2.45) is 0 Å². The van der Waals surface area contributed by atoms with E-state index in [1.54, 1.807) is 28.7 Å². The molecule has 3 aromatic rings. The van der Waals surface area contributed by atoms with Crippen molar-refractivity contribution in [3.8, 4) is 10.6 Å². The van der Waals surface area contributed by atoms with Crippen LogP contribution < -0.4 is 0 Å². The van der Waals surface area contributed by atoms with Crippen LogP contribution in [0.5, 0.6) is 0 Å². The van der Waals surface area contributed by atoms with Crippen LogP contribution in [-0.2, 0) is 0 Å². The van der Waals surface area contributed by atoms with Crippen LogP contribution in [0, 0.1) is 0 Å². The third kappa shape index (κ3) is 3.29. The number of hydrogen-bond donors (Lipinski definition) is 0. The Bertz CT molecular complexity index is 796. The molecule has 0 unspecified atom stereocenters. The molecule has 1 saturated heterocycles. The van der Waals surface area contributed by atoms with Crippen LogP contribution in [0.4, 0.5) is 0 Å². The van der Waals surface area contributed by atoms with Gasteiger partial charge in [-0.2, -0.15) is 11.8 Å². The van der Waals surface area contributed by atoms with Crippen molar-refractivity contribution in [2.75, 3.05) is 18.8 Å². The number of amides is 1. The molecular weight excluding hydrogens is 360 g/mol. The van der Waals surface area contributed by atoms with Gasteiger partial charge in [-0.1, -0.05) is 17.3 Å². The molecule has 4 rings (SSSR count). The topological polar surface area (TPSA) is 46.3 Å². The highest BCUT2D eigenvalue weighted by Gasteiger charge is 2.25. The summed E-state index contributed by atoms with van der Waals surface area (Å²) >= 11 is 5.31. The minimum atomic E-state index is -0.0333. The van der Waals surface area contributed by atoms with Crippen molar-refractivity contribution in [1.29, 1.82) is 0 Å². The average molecular weight is 377 g/mol. The minimum absolute atomic E-state index is 0.0333. The summed E-state index contributed by atoms with van der Waals surface area (Å²) in [7, 11) is 0. The highest BCUT2D eigenvalue weighted by molar-refractivity contribution is 7.99. The first-order valence-corrected chi connectivity index (χ1v) is 10.6. The lowest BCUT2D eigenvalue weighted by molar-refractivity contribution is 0.0756. The Balaban J connectivity index is 1.45. The van der Waals surface area contributed by atoms with Gasteiger partial charge in [-0.25, -0.2) is 0 Å². The van der Waals surface area contributed by atoms with E-state index in [2.05, 4.69) is 22.7 Å². The summed E-state index contributed by atoms with van der Waals surface area (Å²) in [6.45, 7) is 1.52. The molecule has 1 aliphatic heterocycles. The van der Waals surface area contributed by atoms with Crippen LogP contribution in [0.3, 0.4) is 0 Å². The number of carbonyl (C=O) groups excluding carboxylic acids is 1. The Morgan fingerprint density at radius 1 is 1.21 bits per heavy atom. The largest absolute Gasteiger partial charge is 0.355 e. The molecule has 1 aliphatic rings. The first-order chi connectivity index (χ1) is 11.8. The standard InChI is InChI=1S/C17H16N2O2S3/c20-17(12-11-13(21-18-12)14-3-1-8-22-14)19-6-5-16(24-10-7-19)15-4-2-9-23-15/h1-4,8-9,11,16H,5-7,10H2/t16-/m1/s1. The molecule has 4 heterocycles.